The number of amides is 1. The summed E-state index contributed by atoms with van der Waals surface area (Å²) in [4.78, 5) is 13.1. The van der Waals surface area contributed by atoms with Crippen molar-refractivity contribution < 1.29 is 14.3 Å². The van der Waals surface area contributed by atoms with Crippen molar-refractivity contribution in [3.8, 4) is 10.6 Å². The lowest BCUT2D eigenvalue weighted by atomic mass is 10.1. The third-order valence-electron chi connectivity index (χ3n) is 3.33. The smallest absolute Gasteiger partial charge is 0.272 e. The summed E-state index contributed by atoms with van der Waals surface area (Å²) in [7, 11) is 0. The topological polar surface area (TPSA) is 78.0 Å². The molecule has 1 aromatic carbocycles. The van der Waals surface area contributed by atoms with Crippen LogP contribution < -0.4 is 5.32 Å². The SMILES string of the molecule is O=C(NCc1ccc(F)c(CO)c1)c1cc(-c2cccs2)[nH]n1. The molecule has 23 heavy (non-hydrogen) atoms. The minimum absolute atomic E-state index is 0.205. The Kier molecular flexibility index (Phi) is 4.50. The Balaban J connectivity index is 1.66. The number of thiophene rings is 1. The standard InChI is InChI=1S/C16H14FN3O2S/c17-12-4-3-10(6-11(12)9-21)8-18-16(22)14-7-13(19-20-14)15-2-1-5-23-15/h1-7,21H,8-9H2,(H,18,22)(H,19,20). The summed E-state index contributed by atoms with van der Waals surface area (Å²) in [5.74, 6) is -0.783. The molecule has 0 atom stereocenters. The van der Waals surface area contributed by atoms with E-state index >= 15 is 0 Å². The van der Waals surface area contributed by atoms with E-state index in [1.807, 2.05) is 17.5 Å². The number of aliphatic hydroxyl groups is 1. The van der Waals surface area contributed by atoms with Crippen LogP contribution in [0, 0.1) is 5.82 Å². The lowest BCUT2D eigenvalue weighted by molar-refractivity contribution is 0.0946. The van der Waals surface area contributed by atoms with Crippen molar-refractivity contribution in [2.75, 3.05) is 0 Å². The number of nitrogens with zero attached hydrogens (tertiary/aromatic N) is 1. The van der Waals surface area contributed by atoms with E-state index in [0.717, 1.165) is 10.6 Å². The summed E-state index contributed by atoms with van der Waals surface area (Å²) >= 11 is 1.55. The fourth-order valence-electron chi connectivity index (χ4n) is 2.13. The predicted molar refractivity (Wildman–Crippen MR) is 85.4 cm³/mol. The summed E-state index contributed by atoms with van der Waals surface area (Å²) in [6, 6.07) is 9.91. The molecule has 0 unspecified atom stereocenters. The van der Waals surface area contributed by atoms with Crippen LogP contribution in [0.3, 0.4) is 0 Å². The highest BCUT2D eigenvalue weighted by atomic mass is 32.1. The molecular formula is C16H14FN3O2S. The average molecular weight is 331 g/mol. The van der Waals surface area contributed by atoms with Crippen molar-refractivity contribution in [3.05, 3.63) is 64.4 Å². The highest BCUT2D eigenvalue weighted by Gasteiger charge is 2.12. The molecule has 0 saturated heterocycles. The molecule has 0 aliphatic rings. The van der Waals surface area contributed by atoms with Gasteiger partial charge in [0.05, 0.1) is 17.2 Å². The average Bonchev–Trinajstić information content (AvgIpc) is 3.24. The van der Waals surface area contributed by atoms with E-state index in [9.17, 15) is 9.18 Å². The van der Waals surface area contributed by atoms with Gasteiger partial charge in [-0.2, -0.15) is 5.10 Å². The first-order valence-corrected chi connectivity index (χ1v) is 7.81. The Morgan fingerprint density at radius 3 is 2.96 bits per heavy atom. The fraction of sp³-hybridized carbons (Fsp3) is 0.125. The molecule has 0 spiro atoms. The van der Waals surface area contributed by atoms with Crippen molar-refractivity contribution in [2.45, 2.75) is 13.2 Å². The van der Waals surface area contributed by atoms with Crippen LogP contribution in [0.2, 0.25) is 0 Å². The predicted octanol–water partition coefficient (Wildman–Crippen LogP) is 2.70. The Bertz CT molecular complexity index is 815. The molecular weight excluding hydrogens is 317 g/mol. The largest absolute Gasteiger partial charge is 0.392 e. The summed E-state index contributed by atoms with van der Waals surface area (Å²) in [5, 5.41) is 20.6. The number of halogens is 1. The van der Waals surface area contributed by atoms with Gasteiger partial charge in [-0.05, 0) is 35.2 Å². The maximum Gasteiger partial charge on any atom is 0.272 e. The van der Waals surface area contributed by atoms with Gasteiger partial charge in [0, 0.05) is 12.1 Å². The van der Waals surface area contributed by atoms with Gasteiger partial charge in [-0.15, -0.1) is 11.3 Å². The molecule has 2 aromatic heterocycles. The molecule has 3 rings (SSSR count). The van der Waals surface area contributed by atoms with Crippen LogP contribution in [0.4, 0.5) is 4.39 Å². The second-order valence-corrected chi connectivity index (χ2v) is 5.86. The van der Waals surface area contributed by atoms with E-state index in [-0.39, 0.29) is 30.3 Å². The number of benzene rings is 1. The Hall–Kier alpha value is -2.51. The summed E-state index contributed by atoms with van der Waals surface area (Å²) in [6.07, 6.45) is 0. The van der Waals surface area contributed by atoms with Gasteiger partial charge in [0.2, 0.25) is 0 Å². The fourth-order valence-corrected chi connectivity index (χ4v) is 2.82. The Morgan fingerprint density at radius 1 is 1.35 bits per heavy atom. The first-order chi connectivity index (χ1) is 11.2. The minimum Gasteiger partial charge on any atom is -0.392 e. The van der Waals surface area contributed by atoms with Crippen LogP contribution in [-0.2, 0) is 13.2 Å². The van der Waals surface area contributed by atoms with E-state index in [0.29, 0.717) is 5.56 Å². The number of hydrogen-bond donors (Lipinski definition) is 3. The van der Waals surface area contributed by atoms with Crippen LogP contribution >= 0.6 is 11.3 Å². The summed E-state index contributed by atoms with van der Waals surface area (Å²) in [5.41, 5.74) is 1.99. The molecule has 0 aliphatic carbocycles. The number of aliphatic hydroxyl groups excluding tert-OH is 1. The molecule has 0 radical (unpaired) electrons. The zero-order valence-corrected chi connectivity index (χ0v) is 12.9. The van der Waals surface area contributed by atoms with Gasteiger partial charge in [-0.25, -0.2) is 4.39 Å². The lowest BCUT2D eigenvalue weighted by Crippen LogP contribution is -2.23. The van der Waals surface area contributed by atoms with E-state index in [1.54, 1.807) is 23.5 Å². The second kappa shape index (κ2) is 6.72. The molecule has 2 heterocycles. The maximum atomic E-state index is 13.3. The summed E-state index contributed by atoms with van der Waals surface area (Å²) < 4.78 is 13.3. The van der Waals surface area contributed by atoms with Crippen LogP contribution in [0.1, 0.15) is 21.6 Å². The number of aromatic nitrogens is 2. The third kappa shape index (κ3) is 3.46. The molecule has 0 saturated carbocycles. The third-order valence-corrected chi connectivity index (χ3v) is 4.23. The molecule has 3 N–H and O–H groups in total. The van der Waals surface area contributed by atoms with Gasteiger partial charge >= 0.3 is 0 Å². The van der Waals surface area contributed by atoms with Gasteiger partial charge in [0.1, 0.15) is 5.82 Å². The Labute approximate surface area is 135 Å². The van der Waals surface area contributed by atoms with Gasteiger partial charge in [-0.1, -0.05) is 12.1 Å². The minimum atomic E-state index is -0.463. The van der Waals surface area contributed by atoms with Crippen molar-refractivity contribution in [1.82, 2.24) is 15.5 Å². The van der Waals surface area contributed by atoms with Crippen molar-refractivity contribution in [2.24, 2.45) is 0 Å². The molecule has 7 heteroatoms. The number of aromatic amines is 1. The molecule has 5 nitrogen and oxygen atoms in total. The molecule has 0 bridgehead atoms. The van der Waals surface area contributed by atoms with Gasteiger partial charge in [0.25, 0.3) is 5.91 Å². The highest BCUT2D eigenvalue weighted by molar-refractivity contribution is 7.13. The molecule has 0 aliphatic heterocycles. The molecule has 0 fully saturated rings. The number of H-pyrrole nitrogens is 1. The number of rotatable bonds is 5. The van der Waals surface area contributed by atoms with Gasteiger partial charge < -0.3 is 10.4 Å². The highest BCUT2D eigenvalue weighted by Crippen LogP contribution is 2.22. The lowest BCUT2D eigenvalue weighted by Gasteiger charge is -2.06. The molecule has 1 amide bonds. The zero-order chi connectivity index (χ0) is 16.2. The van der Waals surface area contributed by atoms with Crippen molar-refractivity contribution in [1.29, 1.82) is 0 Å². The number of nitrogens with one attached hydrogen (secondary N) is 2. The van der Waals surface area contributed by atoms with E-state index in [1.165, 1.54) is 12.1 Å². The number of carbonyl (C=O) groups excluding carboxylic acids is 1. The van der Waals surface area contributed by atoms with Crippen LogP contribution in [0.25, 0.3) is 10.6 Å². The Morgan fingerprint density at radius 2 is 2.22 bits per heavy atom. The van der Waals surface area contributed by atoms with Crippen molar-refractivity contribution in [3.63, 3.8) is 0 Å². The van der Waals surface area contributed by atoms with Crippen LogP contribution in [0.15, 0.2) is 41.8 Å². The normalized spacial score (nSPS) is 10.7. The van der Waals surface area contributed by atoms with Crippen LogP contribution in [0.5, 0.6) is 0 Å². The van der Waals surface area contributed by atoms with E-state index < -0.39 is 5.82 Å². The maximum absolute atomic E-state index is 13.3. The van der Waals surface area contributed by atoms with Gasteiger partial charge in [0.15, 0.2) is 5.69 Å². The number of carbonyl (C=O) groups is 1. The van der Waals surface area contributed by atoms with Gasteiger partial charge in [-0.3, -0.25) is 9.89 Å². The molecule has 3 aromatic rings. The van der Waals surface area contributed by atoms with E-state index in [2.05, 4.69) is 15.5 Å². The summed E-state index contributed by atoms with van der Waals surface area (Å²) in [6.45, 7) is -0.148. The van der Waals surface area contributed by atoms with Crippen molar-refractivity contribution >= 4 is 17.2 Å². The van der Waals surface area contributed by atoms with E-state index in [4.69, 9.17) is 5.11 Å². The second-order valence-electron chi connectivity index (χ2n) is 4.91. The first kappa shape index (κ1) is 15.4. The van der Waals surface area contributed by atoms with Crippen LogP contribution in [-0.4, -0.2) is 21.2 Å². The molecule has 118 valence electrons. The zero-order valence-electron chi connectivity index (χ0n) is 12.0. The first-order valence-electron chi connectivity index (χ1n) is 6.93. The number of hydrogen-bond acceptors (Lipinski definition) is 4. The quantitative estimate of drug-likeness (QED) is 0.673. The monoisotopic (exact) mass is 331 g/mol.